The minimum absolute atomic E-state index is 0.0573. The molecule has 7 nitrogen and oxygen atoms in total. The summed E-state index contributed by atoms with van der Waals surface area (Å²) in [5.74, 6) is -0.219. The van der Waals surface area contributed by atoms with E-state index in [-0.39, 0.29) is 11.8 Å². The van der Waals surface area contributed by atoms with Crippen LogP contribution in [0.3, 0.4) is 0 Å². The molecule has 0 bridgehead atoms. The standard InChI is InChI=1S/C16H22FN3O.C2HF3O.O2S/c1-12-2-3-13(15(17)10-12)11-19-8-9-20(16(19)21)14-4-6-18-7-5-14;3-2(4,5)1-6;1-3-2/h2-3,10,14,18H,4-9,11H2,1H3;1H;. The molecule has 2 amide bonds. The van der Waals surface area contributed by atoms with E-state index in [0.29, 0.717) is 24.7 Å². The number of benzene rings is 1. The topological polar surface area (TPSA) is 86.8 Å². The molecule has 1 N–H and O–H groups in total. The average Bonchev–Trinajstić information content (AvgIpc) is 3.06. The van der Waals surface area contributed by atoms with Gasteiger partial charge in [0.15, 0.2) is 0 Å². The van der Waals surface area contributed by atoms with Crippen molar-refractivity contribution < 1.29 is 35.6 Å². The van der Waals surface area contributed by atoms with Gasteiger partial charge in [0.2, 0.25) is 6.29 Å². The summed E-state index contributed by atoms with van der Waals surface area (Å²) in [5.41, 5.74) is 1.50. The molecular weight excluding hydrogens is 430 g/mol. The maximum atomic E-state index is 13.9. The number of aldehydes is 1. The molecular formula is C18H23F4N3O4S. The highest BCUT2D eigenvalue weighted by Gasteiger charge is 2.34. The number of alkyl halides is 3. The van der Waals surface area contributed by atoms with Gasteiger partial charge in [-0.05, 0) is 44.5 Å². The molecule has 0 unspecified atom stereocenters. The average molecular weight is 453 g/mol. The molecule has 168 valence electrons. The highest BCUT2D eigenvalue weighted by atomic mass is 32.1. The summed E-state index contributed by atoms with van der Waals surface area (Å²) in [4.78, 5) is 24.9. The molecule has 2 fully saturated rings. The molecule has 0 radical (unpaired) electrons. The van der Waals surface area contributed by atoms with Gasteiger partial charge in [-0.2, -0.15) is 21.6 Å². The van der Waals surface area contributed by atoms with Crippen molar-refractivity contribution in [2.24, 2.45) is 0 Å². The van der Waals surface area contributed by atoms with Crippen molar-refractivity contribution in [3.05, 3.63) is 35.1 Å². The van der Waals surface area contributed by atoms with Crippen molar-refractivity contribution >= 4 is 23.9 Å². The maximum absolute atomic E-state index is 13.9. The van der Waals surface area contributed by atoms with Gasteiger partial charge in [0, 0.05) is 24.7 Å². The zero-order chi connectivity index (χ0) is 22.7. The van der Waals surface area contributed by atoms with Crippen LogP contribution in [-0.2, 0) is 22.9 Å². The number of halogens is 4. The van der Waals surface area contributed by atoms with E-state index < -0.39 is 24.0 Å². The number of carbonyl (C=O) groups excluding carboxylic acids is 2. The predicted octanol–water partition coefficient (Wildman–Crippen LogP) is 2.20. The van der Waals surface area contributed by atoms with Gasteiger partial charge in [0.1, 0.15) is 5.82 Å². The Hall–Kier alpha value is -2.34. The summed E-state index contributed by atoms with van der Waals surface area (Å²) in [7, 11) is 0. The van der Waals surface area contributed by atoms with Gasteiger partial charge in [0.05, 0.1) is 6.54 Å². The number of aryl methyl sites for hydroxylation is 1. The number of rotatable bonds is 3. The van der Waals surface area contributed by atoms with Gasteiger partial charge >= 0.3 is 23.8 Å². The molecule has 0 aromatic heterocycles. The number of nitrogens with one attached hydrogen (secondary N) is 1. The lowest BCUT2D eigenvalue weighted by atomic mass is 10.1. The fraction of sp³-hybridized carbons (Fsp3) is 0.556. The van der Waals surface area contributed by atoms with Gasteiger partial charge in [-0.3, -0.25) is 4.79 Å². The Kier molecular flexibility index (Phi) is 10.6. The first kappa shape index (κ1) is 25.7. The van der Waals surface area contributed by atoms with Crippen molar-refractivity contribution in [1.29, 1.82) is 0 Å². The third kappa shape index (κ3) is 8.57. The van der Waals surface area contributed by atoms with Gasteiger partial charge in [-0.1, -0.05) is 12.1 Å². The summed E-state index contributed by atoms with van der Waals surface area (Å²) in [6.07, 6.45) is -3.68. The Morgan fingerprint density at radius 2 is 1.77 bits per heavy atom. The summed E-state index contributed by atoms with van der Waals surface area (Å²) in [6, 6.07) is 5.60. The van der Waals surface area contributed by atoms with E-state index in [4.69, 9.17) is 13.2 Å². The van der Waals surface area contributed by atoms with E-state index in [0.717, 1.165) is 38.0 Å². The lowest BCUT2D eigenvalue weighted by Crippen LogP contribution is -2.45. The fourth-order valence-electron chi connectivity index (χ4n) is 3.19. The smallest absolute Gasteiger partial charge is 0.320 e. The molecule has 2 heterocycles. The number of carbonyl (C=O) groups is 2. The first-order valence-corrected chi connectivity index (χ1v) is 9.75. The Morgan fingerprint density at radius 3 is 2.27 bits per heavy atom. The number of urea groups is 1. The van der Waals surface area contributed by atoms with Crippen LogP contribution in [0.15, 0.2) is 18.2 Å². The Balaban J connectivity index is 0.000000426. The number of nitrogens with zero attached hydrogens (tertiary/aromatic N) is 2. The van der Waals surface area contributed by atoms with E-state index in [1.165, 1.54) is 6.07 Å². The monoisotopic (exact) mass is 453 g/mol. The molecule has 3 rings (SSSR count). The second-order valence-corrected chi connectivity index (χ2v) is 6.84. The largest absolute Gasteiger partial charge is 0.446 e. The summed E-state index contributed by atoms with van der Waals surface area (Å²) in [6.45, 7) is 5.63. The van der Waals surface area contributed by atoms with E-state index in [9.17, 15) is 22.4 Å². The van der Waals surface area contributed by atoms with Crippen LogP contribution in [0.2, 0.25) is 0 Å². The van der Waals surface area contributed by atoms with Crippen molar-refractivity contribution in [2.45, 2.75) is 38.5 Å². The molecule has 12 heteroatoms. The SMILES string of the molecule is Cc1ccc(CN2CCN(C3CCNCC3)C2=O)c(F)c1.O=CC(F)(F)F.O=S=O. The Labute approximate surface area is 175 Å². The van der Waals surface area contributed by atoms with E-state index in [2.05, 4.69) is 5.32 Å². The van der Waals surface area contributed by atoms with E-state index >= 15 is 0 Å². The number of hydrogen-bond donors (Lipinski definition) is 1. The number of hydrogen-bond acceptors (Lipinski definition) is 5. The lowest BCUT2D eigenvalue weighted by molar-refractivity contribution is -0.156. The van der Waals surface area contributed by atoms with Crippen LogP contribution in [0.25, 0.3) is 0 Å². The van der Waals surface area contributed by atoms with Crippen LogP contribution in [0.5, 0.6) is 0 Å². The zero-order valence-electron chi connectivity index (χ0n) is 16.3. The second-order valence-electron chi connectivity index (χ2n) is 6.70. The Bertz CT molecular complexity index is 751. The highest BCUT2D eigenvalue weighted by molar-refractivity contribution is 7.51. The lowest BCUT2D eigenvalue weighted by Gasteiger charge is -2.31. The predicted molar refractivity (Wildman–Crippen MR) is 101 cm³/mol. The van der Waals surface area contributed by atoms with E-state index in [1.54, 1.807) is 11.0 Å². The quantitative estimate of drug-likeness (QED) is 0.560. The Morgan fingerprint density at radius 1 is 1.20 bits per heavy atom. The zero-order valence-corrected chi connectivity index (χ0v) is 17.1. The summed E-state index contributed by atoms with van der Waals surface area (Å²) < 4.78 is 61.8. The van der Waals surface area contributed by atoms with Crippen molar-refractivity contribution in [3.8, 4) is 0 Å². The first-order valence-electron chi connectivity index (χ1n) is 9.09. The van der Waals surface area contributed by atoms with Gasteiger partial charge in [0.25, 0.3) is 0 Å². The van der Waals surface area contributed by atoms with Crippen molar-refractivity contribution in [2.75, 3.05) is 26.2 Å². The van der Waals surface area contributed by atoms with Crippen LogP contribution in [0.1, 0.15) is 24.0 Å². The van der Waals surface area contributed by atoms with Gasteiger partial charge in [-0.25, -0.2) is 9.18 Å². The summed E-state index contributed by atoms with van der Waals surface area (Å²) in [5, 5.41) is 3.32. The van der Waals surface area contributed by atoms with Crippen molar-refractivity contribution in [1.82, 2.24) is 15.1 Å². The molecule has 2 aliphatic heterocycles. The third-order valence-electron chi connectivity index (χ3n) is 4.58. The maximum Gasteiger partial charge on any atom is 0.446 e. The van der Waals surface area contributed by atoms with Crippen LogP contribution in [0.4, 0.5) is 22.4 Å². The van der Waals surface area contributed by atoms with Gasteiger partial charge < -0.3 is 15.1 Å². The highest BCUT2D eigenvalue weighted by Crippen LogP contribution is 2.21. The molecule has 1 aromatic rings. The fourth-order valence-corrected chi connectivity index (χ4v) is 3.19. The van der Waals surface area contributed by atoms with Crippen molar-refractivity contribution in [3.63, 3.8) is 0 Å². The molecule has 0 aliphatic carbocycles. The molecule has 2 aliphatic rings. The molecule has 2 saturated heterocycles. The third-order valence-corrected chi connectivity index (χ3v) is 4.58. The minimum atomic E-state index is -4.64. The molecule has 0 atom stereocenters. The van der Waals surface area contributed by atoms with Crippen LogP contribution < -0.4 is 5.32 Å². The second kappa shape index (κ2) is 12.4. The number of amides is 2. The minimum Gasteiger partial charge on any atom is -0.320 e. The first-order chi connectivity index (χ1) is 14.1. The molecule has 0 saturated carbocycles. The van der Waals surface area contributed by atoms with Crippen LogP contribution in [0, 0.1) is 12.7 Å². The normalized spacial score (nSPS) is 16.9. The number of piperidine rings is 1. The van der Waals surface area contributed by atoms with E-state index in [1.807, 2.05) is 17.9 Å². The molecule has 30 heavy (non-hydrogen) atoms. The molecule has 1 aromatic carbocycles. The molecule has 0 spiro atoms. The van der Waals surface area contributed by atoms with Crippen LogP contribution in [-0.4, -0.2) is 68.9 Å². The van der Waals surface area contributed by atoms with Crippen LogP contribution >= 0.6 is 0 Å². The van der Waals surface area contributed by atoms with Gasteiger partial charge in [-0.15, -0.1) is 0 Å². The summed E-state index contributed by atoms with van der Waals surface area (Å²) >= 11 is -0.750.